The van der Waals surface area contributed by atoms with E-state index in [1.54, 1.807) is 12.1 Å². The standard InChI is InChI=1S/C24H34FNO3S/c1-4-21(26-29-13-7-6-8-18-9-11-20(25)12-10-18)24-22(27)15-19(16-23(24)28)14-17(3)30-5-2/h9-12,17,19,27H,4-8,13-16H2,1-3H3. The number of unbranched alkanes of at least 4 members (excludes halogenated alkanes) is 1. The number of aliphatic hydroxyl groups is 1. The van der Waals surface area contributed by atoms with E-state index < -0.39 is 0 Å². The molecular weight excluding hydrogens is 401 g/mol. The van der Waals surface area contributed by atoms with Crippen LogP contribution in [0.15, 0.2) is 40.8 Å². The normalized spacial score (nSPS) is 18.6. The van der Waals surface area contributed by atoms with E-state index in [-0.39, 0.29) is 23.3 Å². The molecule has 1 aromatic rings. The number of hydrogen-bond acceptors (Lipinski definition) is 5. The number of allylic oxidation sites excluding steroid dienone is 2. The molecule has 1 aromatic carbocycles. The number of rotatable bonds is 12. The molecule has 2 unspecified atom stereocenters. The summed E-state index contributed by atoms with van der Waals surface area (Å²) in [5.41, 5.74) is 1.99. The number of ketones is 1. The van der Waals surface area contributed by atoms with Crippen LogP contribution in [-0.2, 0) is 16.1 Å². The molecule has 0 aromatic heterocycles. The van der Waals surface area contributed by atoms with Crippen LogP contribution in [0.4, 0.5) is 4.39 Å². The van der Waals surface area contributed by atoms with Gasteiger partial charge in [0.15, 0.2) is 5.78 Å². The highest BCUT2D eigenvalue weighted by atomic mass is 32.2. The van der Waals surface area contributed by atoms with Gasteiger partial charge in [-0.3, -0.25) is 4.79 Å². The van der Waals surface area contributed by atoms with Gasteiger partial charge < -0.3 is 9.94 Å². The van der Waals surface area contributed by atoms with Gasteiger partial charge in [0.25, 0.3) is 0 Å². The van der Waals surface area contributed by atoms with Gasteiger partial charge in [0, 0.05) is 18.1 Å². The molecule has 2 atom stereocenters. The SMILES string of the molecule is CCSC(C)CC1CC(=O)C(C(CC)=NOCCCCc2ccc(F)cc2)=C(O)C1. The van der Waals surface area contributed by atoms with Crippen LogP contribution in [0.2, 0.25) is 0 Å². The summed E-state index contributed by atoms with van der Waals surface area (Å²) in [6.45, 7) is 6.67. The molecule has 30 heavy (non-hydrogen) atoms. The van der Waals surface area contributed by atoms with Crippen molar-refractivity contribution in [2.75, 3.05) is 12.4 Å². The minimum Gasteiger partial charge on any atom is -0.511 e. The molecule has 0 fully saturated rings. The zero-order valence-corrected chi connectivity index (χ0v) is 19.1. The summed E-state index contributed by atoms with van der Waals surface area (Å²) < 4.78 is 12.9. The first kappa shape index (κ1) is 24.4. The third-order valence-corrected chi connectivity index (χ3v) is 6.40. The molecule has 4 nitrogen and oxygen atoms in total. The third kappa shape index (κ3) is 7.78. The van der Waals surface area contributed by atoms with E-state index in [0.29, 0.717) is 42.4 Å². The molecule has 0 bridgehead atoms. The maximum atomic E-state index is 12.9. The molecule has 0 aliphatic heterocycles. The molecule has 0 heterocycles. The van der Waals surface area contributed by atoms with Crippen molar-refractivity contribution in [1.29, 1.82) is 0 Å². The molecule has 0 saturated heterocycles. The predicted octanol–water partition coefficient (Wildman–Crippen LogP) is 6.25. The molecule has 1 aliphatic rings. The lowest BCUT2D eigenvalue weighted by Crippen LogP contribution is -2.26. The van der Waals surface area contributed by atoms with E-state index in [1.165, 1.54) is 12.1 Å². The lowest BCUT2D eigenvalue weighted by Gasteiger charge is -2.25. The first-order valence-electron chi connectivity index (χ1n) is 10.9. The minimum atomic E-state index is -0.223. The molecule has 0 amide bonds. The van der Waals surface area contributed by atoms with Crippen molar-refractivity contribution in [3.05, 3.63) is 47.0 Å². The smallest absolute Gasteiger partial charge is 0.168 e. The number of aryl methyl sites for hydroxylation is 1. The number of hydrogen-bond donors (Lipinski definition) is 1. The molecular formula is C24H34FNO3S. The van der Waals surface area contributed by atoms with Crippen LogP contribution in [0, 0.1) is 11.7 Å². The summed E-state index contributed by atoms with van der Waals surface area (Å²) in [4.78, 5) is 18.1. The Bertz CT molecular complexity index is 745. The highest BCUT2D eigenvalue weighted by Gasteiger charge is 2.31. The molecule has 2 rings (SSSR count). The third-order valence-electron chi connectivity index (χ3n) is 5.30. The van der Waals surface area contributed by atoms with Crippen molar-refractivity contribution < 1.29 is 19.1 Å². The largest absolute Gasteiger partial charge is 0.511 e. The van der Waals surface area contributed by atoms with E-state index in [4.69, 9.17) is 4.84 Å². The summed E-state index contributed by atoms with van der Waals surface area (Å²) in [6.07, 6.45) is 5.04. The van der Waals surface area contributed by atoms with Crippen LogP contribution in [0.5, 0.6) is 0 Å². The Labute approximate surface area is 184 Å². The topological polar surface area (TPSA) is 58.9 Å². The van der Waals surface area contributed by atoms with Crippen molar-refractivity contribution in [1.82, 2.24) is 0 Å². The van der Waals surface area contributed by atoms with Crippen molar-refractivity contribution in [3.8, 4) is 0 Å². The van der Waals surface area contributed by atoms with E-state index in [2.05, 4.69) is 19.0 Å². The Kier molecular flexibility index (Phi) is 10.4. The fourth-order valence-corrected chi connectivity index (χ4v) is 4.82. The van der Waals surface area contributed by atoms with Crippen LogP contribution in [-0.4, -0.2) is 34.2 Å². The minimum absolute atomic E-state index is 0.0297. The Balaban J connectivity index is 1.83. The van der Waals surface area contributed by atoms with Crippen molar-refractivity contribution in [2.24, 2.45) is 11.1 Å². The van der Waals surface area contributed by atoms with Gasteiger partial charge in [-0.15, -0.1) is 0 Å². The fraction of sp³-hybridized carbons (Fsp3) is 0.583. The van der Waals surface area contributed by atoms with Crippen LogP contribution in [0.1, 0.15) is 64.9 Å². The number of aliphatic hydroxyl groups excluding tert-OH is 1. The van der Waals surface area contributed by atoms with Crippen molar-refractivity contribution >= 4 is 23.3 Å². The van der Waals surface area contributed by atoms with E-state index in [0.717, 1.165) is 37.0 Å². The second-order valence-electron chi connectivity index (χ2n) is 7.83. The number of carbonyl (C=O) groups is 1. The van der Waals surface area contributed by atoms with Gasteiger partial charge in [0.2, 0.25) is 0 Å². The van der Waals surface area contributed by atoms with Gasteiger partial charge in [0.1, 0.15) is 18.2 Å². The van der Waals surface area contributed by atoms with Crippen LogP contribution in [0.3, 0.4) is 0 Å². The first-order valence-corrected chi connectivity index (χ1v) is 12.0. The lowest BCUT2D eigenvalue weighted by molar-refractivity contribution is -0.116. The Morgan fingerprint density at radius 2 is 2.00 bits per heavy atom. The first-order chi connectivity index (χ1) is 14.4. The Morgan fingerprint density at radius 3 is 2.63 bits per heavy atom. The quantitative estimate of drug-likeness (QED) is 0.239. The summed E-state index contributed by atoms with van der Waals surface area (Å²) in [6, 6.07) is 6.53. The molecule has 166 valence electrons. The van der Waals surface area contributed by atoms with Crippen molar-refractivity contribution in [3.63, 3.8) is 0 Å². The summed E-state index contributed by atoms with van der Waals surface area (Å²) in [5, 5.41) is 15.2. The number of nitrogens with zero attached hydrogens (tertiary/aromatic N) is 1. The van der Waals surface area contributed by atoms with E-state index in [1.807, 2.05) is 18.7 Å². The maximum Gasteiger partial charge on any atom is 0.168 e. The fourth-order valence-electron chi connectivity index (χ4n) is 3.85. The summed E-state index contributed by atoms with van der Waals surface area (Å²) in [7, 11) is 0. The zero-order chi connectivity index (χ0) is 21.9. The number of oxime groups is 1. The maximum absolute atomic E-state index is 12.9. The second kappa shape index (κ2) is 12.8. The number of halogens is 1. The molecule has 6 heteroatoms. The van der Waals surface area contributed by atoms with Crippen LogP contribution < -0.4 is 0 Å². The molecule has 1 N–H and O–H groups in total. The number of Topliss-reactive ketones (excluding diaryl/α,β-unsaturated/α-hetero) is 1. The Morgan fingerprint density at radius 1 is 1.27 bits per heavy atom. The average Bonchev–Trinajstić information content (AvgIpc) is 2.70. The number of benzene rings is 1. The monoisotopic (exact) mass is 435 g/mol. The van der Waals surface area contributed by atoms with E-state index in [9.17, 15) is 14.3 Å². The summed E-state index contributed by atoms with van der Waals surface area (Å²) >= 11 is 1.89. The molecule has 0 saturated carbocycles. The highest BCUT2D eigenvalue weighted by Crippen LogP contribution is 2.32. The summed E-state index contributed by atoms with van der Waals surface area (Å²) in [5.74, 6) is 1.16. The van der Waals surface area contributed by atoms with Crippen molar-refractivity contribution in [2.45, 2.75) is 71.0 Å². The highest BCUT2D eigenvalue weighted by molar-refractivity contribution is 7.99. The van der Waals surface area contributed by atoms with Gasteiger partial charge in [0.05, 0.1) is 11.3 Å². The van der Waals surface area contributed by atoms with Gasteiger partial charge in [-0.25, -0.2) is 4.39 Å². The Hall–Kier alpha value is -1.82. The van der Waals surface area contributed by atoms with Gasteiger partial charge >= 0.3 is 0 Å². The predicted molar refractivity (Wildman–Crippen MR) is 123 cm³/mol. The van der Waals surface area contributed by atoms with Crippen LogP contribution in [0.25, 0.3) is 0 Å². The van der Waals surface area contributed by atoms with Gasteiger partial charge in [-0.2, -0.15) is 11.8 Å². The molecule has 1 aliphatic carbocycles. The van der Waals surface area contributed by atoms with Gasteiger partial charge in [-0.05, 0) is 61.5 Å². The number of thioether (sulfide) groups is 1. The van der Waals surface area contributed by atoms with Crippen LogP contribution >= 0.6 is 11.8 Å². The molecule has 0 spiro atoms. The van der Waals surface area contributed by atoms with E-state index >= 15 is 0 Å². The zero-order valence-electron chi connectivity index (χ0n) is 18.3. The lowest BCUT2D eigenvalue weighted by atomic mass is 9.82. The molecule has 0 radical (unpaired) electrons. The second-order valence-corrected chi connectivity index (χ2v) is 9.54. The average molecular weight is 436 g/mol. The van der Waals surface area contributed by atoms with Gasteiger partial charge in [-0.1, -0.05) is 38.1 Å². The number of carbonyl (C=O) groups excluding carboxylic acids is 1.